The Hall–Kier alpha value is -5.65. The van der Waals surface area contributed by atoms with Gasteiger partial charge in [-0.1, -0.05) is 54.6 Å². The Morgan fingerprint density at radius 3 is 2.20 bits per heavy atom. The van der Waals surface area contributed by atoms with Crippen LogP contribution in [0.4, 0.5) is 13.2 Å². The van der Waals surface area contributed by atoms with E-state index in [1.54, 1.807) is 13.2 Å². The molecular weight excluding hydrogens is 587 g/mol. The van der Waals surface area contributed by atoms with Crippen LogP contribution in [-0.4, -0.2) is 35.6 Å². The Morgan fingerprint density at radius 2 is 1.60 bits per heavy atom. The molecule has 45 heavy (non-hydrogen) atoms. The molecule has 1 amide bonds. The summed E-state index contributed by atoms with van der Waals surface area (Å²) in [7, 11) is 3.59. The molecule has 2 aromatic heterocycles. The molecule has 0 aliphatic rings. The number of fused-ring (bicyclic) bond motifs is 1. The molecule has 12 heteroatoms. The molecule has 5 rings (SSSR count). The number of hydrogen-bond acceptors (Lipinski definition) is 5. The van der Waals surface area contributed by atoms with Crippen LogP contribution in [0.2, 0.25) is 0 Å². The molecular formula is C33H30F3N5O4. The SMILES string of the molecule is COc1cccc2c1cc(C(=O)NC(c1ccccc1)c1cc[n+](C)cc1)n2Cc1cccc(C(=N)N)c1.O=C([O-])C(F)(F)F. The average Bonchev–Trinajstić information content (AvgIpc) is 3.39. The number of benzene rings is 3. The Kier molecular flexibility index (Phi) is 9.87. The molecule has 0 radical (unpaired) electrons. The molecule has 5 aromatic rings. The van der Waals surface area contributed by atoms with Crippen molar-refractivity contribution in [1.29, 1.82) is 5.41 Å². The number of nitrogens with one attached hydrogen (secondary N) is 2. The minimum Gasteiger partial charge on any atom is -0.542 e. The lowest BCUT2D eigenvalue weighted by atomic mass is 9.99. The van der Waals surface area contributed by atoms with Crippen LogP contribution in [0.1, 0.15) is 38.8 Å². The Bertz CT molecular complexity index is 1820. The van der Waals surface area contributed by atoms with E-state index in [-0.39, 0.29) is 17.8 Å². The number of hydrogen-bond donors (Lipinski definition) is 3. The van der Waals surface area contributed by atoms with Crippen LogP contribution in [0.15, 0.2) is 103 Å². The normalized spacial score (nSPS) is 11.7. The fraction of sp³-hybridized carbons (Fsp3) is 0.152. The number of aryl methyl sites for hydroxylation is 1. The molecule has 0 saturated heterocycles. The molecule has 0 aliphatic heterocycles. The van der Waals surface area contributed by atoms with E-state index in [4.69, 9.17) is 25.8 Å². The molecule has 9 nitrogen and oxygen atoms in total. The molecule has 1 atom stereocenters. The van der Waals surface area contributed by atoms with Gasteiger partial charge in [0.2, 0.25) is 0 Å². The summed E-state index contributed by atoms with van der Waals surface area (Å²) in [4.78, 5) is 22.8. The zero-order valence-corrected chi connectivity index (χ0v) is 24.3. The third-order valence-electron chi connectivity index (χ3n) is 6.91. The van der Waals surface area contributed by atoms with Gasteiger partial charge in [-0.2, -0.15) is 13.2 Å². The topological polar surface area (TPSA) is 137 Å². The Labute approximate surface area is 256 Å². The highest BCUT2D eigenvalue weighted by atomic mass is 19.4. The number of ether oxygens (including phenoxy) is 1. The number of aliphatic carboxylic acids is 1. The minimum absolute atomic E-state index is 0.00538. The maximum atomic E-state index is 14.0. The van der Waals surface area contributed by atoms with Gasteiger partial charge in [-0.05, 0) is 41.0 Å². The van der Waals surface area contributed by atoms with Crippen molar-refractivity contribution >= 4 is 28.6 Å². The number of rotatable bonds is 8. The number of methoxy groups -OCH3 is 1. The second-order valence-electron chi connectivity index (χ2n) is 10.0. The monoisotopic (exact) mass is 617 g/mol. The van der Waals surface area contributed by atoms with Gasteiger partial charge in [0.15, 0.2) is 12.4 Å². The van der Waals surface area contributed by atoms with Gasteiger partial charge in [0.25, 0.3) is 5.91 Å². The van der Waals surface area contributed by atoms with Crippen molar-refractivity contribution in [2.24, 2.45) is 12.8 Å². The van der Waals surface area contributed by atoms with Crippen molar-refractivity contribution in [3.63, 3.8) is 0 Å². The van der Waals surface area contributed by atoms with Crippen LogP contribution < -0.4 is 25.5 Å². The standard InChI is InChI=1S/C31H29N5O2.C2HF3O2/c1-35-16-14-23(15-17-35)29(22-9-4-3-5-10-22)34-31(37)27-19-25-26(12-7-13-28(25)38-2)36(27)20-21-8-6-11-24(18-21)30(32)33;3-2(4,5)1(6)7/h3-19,29H,20H2,1-2H3,(H3-,32,33,34,37);(H,6,7). The van der Waals surface area contributed by atoms with Gasteiger partial charge < -0.3 is 30.3 Å². The van der Waals surface area contributed by atoms with Crippen molar-refractivity contribution in [3.05, 3.63) is 131 Å². The quantitative estimate of drug-likeness (QED) is 0.139. The number of halogens is 3. The number of amides is 1. The zero-order chi connectivity index (χ0) is 32.7. The van der Waals surface area contributed by atoms with Gasteiger partial charge in [0.05, 0.1) is 18.7 Å². The number of carboxylic acids is 1. The van der Waals surface area contributed by atoms with E-state index in [0.29, 0.717) is 23.6 Å². The van der Waals surface area contributed by atoms with Gasteiger partial charge in [-0.15, -0.1) is 0 Å². The molecule has 4 N–H and O–H groups in total. The summed E-state index contributed by atoms with van der Waals surface area (Å²) >= 11 is 0. The van der Waals surface area contributed by atoms with Gasteiger partial charge in [-0.25, -0.2) is 4.57 Å². The van der Waals surface area contributed by atoms with Crippen molar-refractivity contribution in [3.8, 4) is 5.75 Å². The van der Waals surface area contributed by atoms with E-state index >= 15 is 0 Å². The smallest absolute Gasteiger partial charge is 0.430 e. The Balaban J connectivity index is 0.000000591. The fourth-order valence-corrected chi connectivity index (χ4v) is 4.73. The molecule has 0 aliphatic carbocycles. The van der Waals surface area contributed by atoms with Crippen LogP contribution in [0.3, 0.4) is 0 Å². The molecule has 0 spiro atoms. The van der Waals surface area contributed by atoms with Gasteiger partial charge in [0, 0.05) is 29.6 Å². The average molecular weight is 618 g/mol. The number of nitrogen functional groups attached to an aromatic ring is 1. The zero-order valence-electron chi connectivity index (χ0n) is 24.3. The summed E-state index contributed by atoms with van der Waals surface area (Å²) in [5, 5.41) is 20.7. The first-order valence-electron chi connectivity index (χ1n) is 13.6. The van der Waals surface area contributed by atoms with E-state index in [9.17, 15) is 18.0 Å². The van der Waals surface area contributed by atoms with Crippen LogP contribution >= 0.6 is 0 Å². The number of pyridine rings is 1. The number of carboxylic acid groups (broad SMARTS) is 1. The predicted octanol–water partition coefficient (Wildman–Crippen LogP) is 3.62. The second kappa shape index (κ2) is 13.8. The van der Waals surface area contributed by atoms with E-state index in [0.717, 1.165) is 27.6 Å². The number of carbonyl (C=O) groups excluding carboxylic acids is 2. The predicted molar refractivity (Wildman–Crippen MR) is 159 cm³/mol. The fourth-order valence-electron chi connectivity index (χ4n) is 4.73. The van der Waals surface area contributed by atoms with Crippen molar-refractivity contribution in [1.82, 2.24) is 9.88 Å². The summed E-state index contributed by atoms with van der Waals surface area (Å²) in [6.45, 7) is 0.428. The van der Waals surface area contributed by atoms with Crippen LogP contribution in [0, 0.1) is 5.41 Å². The lowest BCUT2D eigenvalue weighted by Crippen LogP contribution is -2.37. The third-order valence-corrected chi connectivity index (χ3v) is 6.91. The first-order chi connectivity index (χ1) is 21.4. The number of aromatic nitrogens is 2. The van der Waals surface area contributed by atoms with Crippen LogP contribution in [0.25, 0.3) is 10.9 Å². The molecule has 2 heterocycles. The highest BCUT2D eigenvalue weighted by molar-refractivity contribution is 6.01. The first-order valence-corrected chi connectivity index (χ1v) is 13.6. The second-order valence-corrected chi connectivity index (χ2v) is 10.0. The highest BCUT2D eigenvalue weighted by Crippen LogP contribution is 2.31. The van der Waals surface area contributed by atoms with Crippen molar-refractivity contribution in [2.45, 2.75) is 18.8 Å². The van der Waals surface area contributed by atoms with Gasteiger partial charge in [0.1, 0.15) is 30.3 Å². The molecule has 0 saturated carbocycles. The minimum atomic E-state index is -5.19. The largest absolute Gasteiger partial charge is 0.542 e. The number of nitrogens with two attached hydrogens (primary N) is 1. The van der Waals surface area contributed by atoms with E-state index in [2.05, 4.69) is 5.32 Å². The lowest BCUT2D eigenvalue weighted by Gasteiger charge is -2.20. The molecule has 3 aromatic carbocycles. The van der Waals surface area contributed by atoms with Crippen LogP contribution in [-0.2, 0) is 18.4 Å². The summed E-state index contributed by atoms with van der Waals surface area (Å²) < 4.78 is 41.1. The molecule has 232 valence electrons. The van der Waals surface area contributed by atoms with Gasteiger partial charge >= 0.3 is 6.18 Å². The summed E-state index contributed by atoms with van der Waals surface area (Å²) in [6.07, 6.45) is -1.25. The lowest BCUT2D eigenvalue weighted by molar-refractivity contribution is -0.671. The van der Waals surface area contributed by atoms with E-state index in [1.807, 2.05) is 114 Å². The van der Waals surface area contributed by atoms with E-state index in [1.165, 1.54) is 0 Å². The van der Waals surface area contributed by atoms with Gasteiger partial charge in [-0.3, -0.25) is 10.2 Å². The highest BCUT2D eigenvalue weighted by Gasteiger charge is 2.29. The maximum Gasteiger partial charge on any atom is 0.430 e. The summed E-state index contributed by atoms with van der Waals surface area (Å²) in [6, 6.07) is 28.9. The van der Waals surface area contributed by atoms with Crippen molar-refractivity contribution < 1.29 is 37.2 Å². The van der Waals surface area contributed by atoms with Crippen molar-refractivity contribution in [2.75, 3.05) is 7.11 Å². The number of alkyl halides is 3. The molecule has 1 unspecified atom stereocenters. The third kappa shape index (κ3) is 7.85. The maximum absolute atomic E-state index is 14.0. The molecule has 0 fully saturated rings. The number of nitrogens with zero attached hydrogens (tertiary/aromatic N) is 2. The molecule has 0 bridgehead atoms. The van der Waals surface area contributed by atoms with Crippen LogP contribution in [0.5, 0.6) is 5.75 Å². The number of carbonyl (C=O) groups is 2. The summed E-state index contributed by atoms with van der Waals surface area (Å²) in [5.74, 6) is -2.51. The first kappa shape index (κ1) is 32.3. The summed E-state index contributed by atoms with van der Waals surface area (Å²) in [5.41, 5.74) is 10.7. The Morgan fingerprint density at radius 1 is 0.978 bits per heavy atom. The van der Waals surface area contributed by atoms with E-state index < -0.39 is 12.1 Å². The number of amidine groups is 1.